The van der Waals surface area contributed by atoms with Crippen molar-refractivity contribution in [1.29, 1.82) is 0 Å². The van der Waals surface area contributed by atoms with Crippen molar-refractivity contribution in [2.45, 2.75) is 13.6 Å². The van der Waals surface area contributed by atoms with Gasteiger partial charge >= 0.3 is 5.97 Å². The highest BCUT2D eigenvalue weighted by atomic mass is 19.1. The first-order valence-electron chi connectivity index (χ1n) is 4.52. The Bertz CT molecular complexity index is 333. The molecule has 1 rings (SSSR count). The molecule has 1 aromatic rings. The molecule has 0 saturated carbocycles. The molecule has 0 amide bonds. The molecule has 0 aliphatic heterocycles. The molecule has 5 nitrogen and oxygen atoms in total. The zero-order chi connectivity index (χ0) is 11.1. The van der Waals surface area contributed by atoms with Gasteiger partial charge in [-0.1, -0.05) is 0 Å². The maximum atomic E-state index is 12.2. The summed E-state index contributed by atoms with van der Waals surface area (Å²) in [5.74, 6) is 0.0311. The van der Waals surface area contributed by atoms with Crippen LogP contribution in [0.5, 0.6) is 0 Å². The van der Waals surface area contributed by atoms with E-state index in [9.17, 15) is 9.18 Å². The molecule has 0 unspecified atom stereocenters. The number of hydrogen-bond acceptors (Lipinski definition) is 5. The molecular formula is C9H12FN3O2. The fourth-order valence-electron chi connectivity index (χ4n) is 0.942. The van der Waals surface area contributed by atoms with Gasteiger partial charge in [0.1, 0.15) is 25.4 Å². The van der Waals surface area contributed by atoms with Gasteiger partial charge in [-0.15, -0.1) is 0 Å². The minimum Gasteiger partial charge on any atom is -0.465 e. The van der Waals surface area contributed by atoms with E-state index < -0.39 is 6.67 Å². The molecule has 15 heavy (non-hydrogen) atoms. The molecule has 1 N–H and O–H groups in total. The minimum atomic E-state index is -0.656. The van der Waals surface area contributed by atoms with E-state index in [1.54, 1.807) is 6.92 Å². The summed E-state index contributed by atoms with van der Waals surface area (Å²) in [7, 11) is 0. The molecule has 0 atom stereocenters. The van der Waals surface area contributed by atoms with Gasteiger partial charge in [-0.05, 0) is 6.92 Å². The van der Waals surface area contributed by atoms with Crippen LogP contribution >= 0.6 is 0 Å². The van der Waals surface area contributed by atoms with E-state index in [2.05, 4.69) is 15.3 Å². The van der Waals surface area contributed by atoms with Crippen molar-refractivity contribution in [3.63, 3.8) is 0 Å². The van der Waals surface area contributed by atoms with Crippen LogP contribution in [0.2, 0.25) is 0 Å². The summed E-state index contributed by atoms with van der Waals surface area (Å²) in [6.07, 6.45) is 1.24. The number of ether oxygens (including phenoxy) is 1. The van der Waals surface area contributed by atoms with Crippen molar-refractivity contribution in [2.24, 2.45) is 0 Å². The van der Waals surface area contributed by atoms with Crippen LogP contribution in [0.25, 0.3) is 0 Å². The molecule has 0 fully saturated rings. The van der Waals surface area contributed by atoms with E-state index in [0.29, 0.717) is 12.4 Å². The Morgan fingerprint density at radius 2 is 2.40 bits per heavy atom. The van der Waals surface area contributed by atoms with Crippen LogP contribution in [0.1, 0.15) is 12.6 Å². The maximum absolute atomic E-state index is 12.2. The van der Waals surface area contributed by atoms with Crippen LogP contribution < -0.4 is 5.32 Å². The van der Waals surface area contributed by atoms with Crippen molar-refractivity contribution in [3.05, 3.63) is 18.1 Å². The molecule has 6 heteroatoms. The van der Waals surface area contributed by atoms with Crippen molar-refractivity contribution in [2.75, 3.05) is 18.5 Å². The van der Waals surface area contributed by atoms with Gasteiger partial charge < -0.3 is 10.1 Å². The first-order chi connectivity index (χ1) is 7.26. The number of anilines is 1. The zero-order valence-corrected chi connectivity index (χ0v) is 8.36. The Morgan fingerprint density at radius 1 is 1.60 bits per heavy atom. The topological polar surface area (TPSA) is 64.1 Å². The maximum Gasteiger partial charge on any atom is 0.325 e. The lowest BCUT2D eigenvalue weighted by molar-refractivity contribution is -0.140. The average Bonchev–Trinajstić information content (AvgIpc) is 2.27. The third kappa shape index (κ3) is 3.88. The van der Waals surface area contributed by atoms with Crippen LogP contribution in [0.3, 0.4) is 0 Å². The number of esters is 1. The fourth-order valence-corrected chi connectivity index (χ4v) is 0.942. The summed E-state index contributed by atoms with van der Waals surface area (Å²) in [5, 5.41) is 2.71. The number of nitrogens with zero attached hydrogens (tertiary/aromatic N) is 2. The van der Waals surface area contributed by atoms with E-state index in [1.165, 1.54) is 12.4 Å². The summed E-state index contributed by atoms with van der Waals surface area (Å²) < 4.78 is 16.9. The molecule has 1 aromatic heterocycles. The number of carbonyl (C=O) groups excluding carboxylic acids is 1. The largest absolute Gasteiger partial charge is 0.465 e. The number of carbonyl (C=O) groups is 1. The van der Waals surface area contributed by atoms with Gasteiger partial charge in [0.25, 0.3) is 0 Å². The molecule has 0 aliphatic carbocycles. The average molecular weight is 213 g/mol. The van der Waals surface area contributed by atoms with Crippen LogP contribution in [-0.4, -0.2) is 29.1 Å². The fraction of sp³-hybridized carbons (Fsp3) is 0.444. The van der Waals surface area contributed by atoms with Gasteiger partial charge in [0.05, 0.1) is 12.3 Å². The highest BCUT2D eigenvalue weighted by Crippen LogP contribution is 2.04. The third-order valence-electron chi connectivity index (χ3n) is 1.58. The molecule has 0 saturated heterocycles. The van der Waals surface area contributed by atoms with Crippen LogP contribution in [-0.2, 0) is 16.2 Å². The monoisotopic (exact) mass is 213 g/mol. The summed E-state index contributed by atoms with van der Waals surface area (Å²) in [4.78, 5) is 18.5. The van der Waals surface area contributed by atoms with E-state index in [1.807, 2.05) is 0 Å². The molecule has 0 spiro atoms. The lowest BCUT2D eigenvalue weighted by atomic mass is 10.4. The molecule has 0 aromatic carbocycles. The van der Waals surface area contributed by atoms with Gasteiger partial charge in [0.15, 0.2) is 0 Å². The summed E-state index contributed by atoms with van der Waals surface area (Å²) in [6, 6.07) is 1.44. The van der Waals surface area contributed by atoms with Gasteiger partial charge in [-0.25, -0.2) is 14.4 Å². The second-order valence-corrected chi connectivity index (χ2v) is 2.69. The number of nitrogens with one attached hydrogen (secondary N) is 1. The first-order valence-corrected chi connectivity index (χ1v) is 4.52. The number of aromatic nitrogens is 2. The van der Waals surface area contributed by atoms with Crippen LogP contribution in [0, 0.1) is 0 Å². The smallest absolute Gasteiger partial charge is 0.325 e. The lowest BCUT2D eigenvalue weighted by Gasteiger charge is -2.05. The molecule has 0 bridgehead atoms. The van der Waals surface area contributed by atoms with Crippen molar-refractivity contribution in [3.8, 4) is 0 Å². The highest BCUT2D eigenvalue weighted by molar-refractivity contribution is 5.74. The Balaban J connectivity index is 2.46. The van der Waals surface area contributed by atoms with Gasteiger partial charge in [-0.3, -0.25) is 4.79 Å². The quantitative estimate of drug-likeness (QED) is 0.737. The van der Waals surface area contributed by atoms with E-state index in [4.69, 9.17) is 4.74 Å². The van der Waals surface area contributed by atoms with E-state index >= 15 is 0 Å². The third-order valence-corrected chi connectivity index (χ3v) is 1.58. The zero-order valence-electron chi connectivity index (χ0n) is 8.36. The number of alkyl halides is 1. The molecule has 0 radical (unpaired) electrons. The minimum absolute atomic E-state index is 0.0105. The van der Waals surface area contributed by atoms with Gasteiger partial charge in [0, 0.05) is 6.07 Å². The summed E-state index contributed by atoms with van der Waals surface area (Å²) in [5.41, 5.74) is 0.274. The summed E-state index contributed by atoms with van der Waals surface area (Å²) in [6.45, 7) is 1.41. The lowest BCUT2D eigenvalue weighted by Crippen LogP contribution is -2.17. The van der Waals surface area contributed by atoms with Crippen molar-refractivity contribution < 1.29 is 13.9 Å². The SMILES string of the molecule is CCOC(=O)CNc1cc(CF)ncn1. The predicted molar refractivity (Wildman–Crippen MR) is 52.0 cm³/mol. The predicted octanol–water partition coefficient (Wildman–Crippen LogP) is 0.921. The number of rotatable bonds is 5. The van der Waals surface area contributed by atoms with Gasteiger partial charge in [0.2, 0.25) is 0 Å². The molecule has 82 valence electrons. The Kier molecular flexibility index (Phi) is 4.46. The second kappa shape index (κ2) is 5.90. The second-order valence-electron chi connectivity index (χ2n) is 2.69. The van der Waals surface area contributed by atoms with E-state index in [-0.39, 0.29) is 18.2 Å². The standard InChI is InChI=1S/C9H12FN3O2/c1-2-15-9(14)5-11-8-3-7(4-10)12-6-13-8/h3,6H,2,4-5H2,1H3,(H,11,12,13). The van der Waals surface area contributed by atoms with Crippen molar-refractivity contribution in [1.82, 2.24) is 9.97 Å². The molecule has 0 aliphatic rings. The first kappa shape index (κ1) is 11.4. The normalized spacial score (nSPS) is 9.73. The number of hydrogen-bond donors (Lipinski definition) is 1. The Morgan fingerprint density at radius 3 is 3.07 bits per heavy atom. The Hall–Kier alpha value is -1.72. The molecule has 1 heterocycles. The van der Waals surface area contributed by atoms with Crippen LogP contribution in [0.4, 0.5) is 10.2 Å². The number of halogens is 1. The summed E-state index contributed by atoms with van der Waals surface area (Å²) >= 11 is 0. The Labute approximate surface area is 86.7 Å². The highest BCUT2D eigenvalue weighted by Gasteiger charge is 2.02. The van der Waals surface area contributed by atoms with Crippen LogP contribution in [0.15, 0.2) is 12.4 Å². The van der Waals surface area contributed by atoms with Crippen molar-refractivity contribution >= 4 is 11.8 Å². The molecular weight excluding hydrogens is 201 g/mol. The van der Waals surface area contributed by atoms with E-state index in [0.717, 1.165) is 0 Å². The van der Waals surface area contributed by atoms with Gasteiger partial charge in [-0.2, -0.15) is 0 Å².